The maximum atomic E-state index is 4.57. The molecule has 0 spiro atoms. The van der Waals surface area contributed by atoms with E-state index >= 15 is 0 Å². The van der Waals surface area contributed by atoms with Crippen molar-refractivity contribution in [3.8, 4) is 11.3 Å². The van der Waals surface area contributed by atoms with Crippen molar-refractivity contribution in [3.05, 3.63) is 72.1 Å². The predicted octanol–water partition coefficient (Wildman–Crippen LogP) is 5.07. The lowest BCUT2D eigenvalue weighted by Gasteiger charge is -2.11. The van der Waals surface area contributed by atoms with Gasteiger partial charge >= 0.3 is 0 Å². The van der Waals surface area contributed by atoms with Crippen LogP contribution in [-0.2, 0) is 0 Å². The lowest BCUT2D eigenvalue weighted by Crippen LogP contribution is -1.93. The first kappa shape index (κ1) is 13.0. The third kappa shape index (κ3) is 1.88. The molecule has 3 aromatic carbocycles. The normalized spacial score (nSPS) is 11.2. The van der Waals surface area contributed by atoms with Crippen molar-refractivity contribution in [2.45, 2.75) is 13.8 Å². The maximum absolute atomic E-state index is 4.57. The van der Waals surface area contributed by atoms with Crippen molar-refractivity contribution in [2.24, 2.45) is 0 Å². The van der Waals surface area contributed by atoms with Crippen LogP contribution in [0.25, 0.3) is 32.9 Å². The molecule has 0 N–H and O–H groups in total. The molecule has 1 aromatic heterocycles. The molecule has 0 aliphatic heterocycles. The third-order valence-corrected chi connectivity index (χ3v) is 4.39. The Bertz CT molecular complexity index is 1000. The van der Waals surface area contributed by atoms with Gasteiger partial charge in [0.1, 0.15) is 6.33 Å². The number of rotatable bonds is 1. The molecule has 0 aliphatic rings. The second kappa shape index (κ2) is 4.92. The molecule has 0 bridgehead atoms. The number of nitrogens with zero attached hydrogens (tertiary/aromatic N) is 2. The molecule has 1 heterocycles. The maximum Gasteiger partial charge on any atom is 0.116 e. The molecule has 4 aromatic rings. The Hall–Kier alpha value is -2.74. The van der Waals surface area contributed by atoms with E-state index in [-0.39, 0.29) is 0 Å². The van der Waals surface area contributed by atoms with Gasteiger partial charge in [0, 0.05) is 16.3 Å². The summed E-state index contributed by atoms with van der Waals surface area (Å²) in [6, 6.07) is 19.0. The number of fused-ring (bicyclic) bond motifs is 3. The van der Waals surface area contributed by atoms with Gasteiger partial charge in [-0.2, -0.15) is 0 Å². The minimum Gasteiger partial charge on any atom is -0.236 e. The third-order valence-electron chi connectivity index (χ3n) is 4.39. The Morgan fingerprint density at radius 3 is 2.50 bits per heavy atom. The van der Waals surface area contributed by atoms with Gasteiger partial charge in [-0.15, -0.1) is 0 Å². The molecule has 0 saturated heterocycles. The number of hydrogen-bond acceptors (Lipinski definition) is 2. The van der Waals surface area contributed by atoms with E-state index in [0.717, 1.165) is 16.6 Å². The van der Waals surface area contributed by atoms with Gasteiger partial charge in [0.25, 0.3) is 0 Å². The summed E-state index contributed by atoms with van der Waals surface area (Å²) in [6.45, 7) is 4.29. The summed E-state index contributed by atoms with van der Waals surface area (Å²) in [6.07, 6.45) is 1.67. The van der Waals surface area contributed by atoms with Crippen molar-refractivity contribution in [1.82, 2.24) is 9.97 Å². The van der Waals surface area contributed by atoms with Gasteiger partial charge in [-0.3, -0.25) is 0 Å². The lowest BCUT2D eigenvalue weighted by atomic mass is 9.97. The molecule has 0 atom stereocenters. The van der Waals surface area contributed by atoms with Gasteiger partial charge in [0.05, 0.1) is 11.2 Å². The molecule has 4 rings (SSSR count). The van der Waals surface area contributed by atoms with E-state index in [2.05, 4.69) is 78.4 Å². The average Bonchev–Trinajstić information content (AvgIpc) is 2.57. The van der Waals surface area contributed by atoms with E-state index in [4.69, 9.17) is 0 Å². The zero-order valence-electron chi connectivity index (χ0n) is 12.7. The van der Waals surface area contributed by atoms with Crippen LogP contribution in [0.3, 0.4) is 0 Å². The van der Waals surface area contributed by atoms with E-state index in [0.29, 0.717) is 0 Å². The predicted molar refractivity (Wildman–Crippen MR) is 92.0 cm³/mol. The van der Waals surface area contributed by atoms with E-state index < -0.39 is 0 Å². The summed E-state index contributed by atoms with van der Waals surface area (Å²) < 4.78 is 0. The summed E-state index contributed by atoms with van der Waals surface area (Å²) in [5.41, 5.74) is 5.77. The van der Waals surface area contributed by atoms with Crippen LogP contribution in [0, 0.1) is 13.8 Å². The second-order valence-corrected chi connectivity index (χ2v) is 5.65. The molecule has 2 heteroatoms. The molecule has 22 heavy (non-hydrogen) atoms. The Kier molecular flexibility index (Phi) is 2.90. The van der Waals surface area contributed by atoms with Crippen LogP contribution in [0.2, 0.25) is 0 Å². The van der Waals surface area contributed by atoms with Crippen LogP contribution in [0.1, 0.15) is 11.1 Å². The van der Waals surface area contributed by atoms with E-state index in [1.807, 2.05) is 0 Å². The van der Waals surface area contributed by atoms with Gasteiger partial charge in [0.15, 0.2) is 0 Å². The standard InChI is InChI=1S/C20H16N2/c1-13-6-5-9-16(14(13)2)19-18-11-10-15-7-3-4-8-17(15)20(18)22-12-21-19/h3-12H,1-2H3. The van der Waals surface area contributed by atoms with Gasteiger partial charge in [-0.25, -0.2) is 9.97 Å². The largest absolute Gasteiger partial charge is 0.236 e. The van der Waals surface area contributed by atoms with Crippen LogP contribution in [-0.4, -0.2) is 9.97 Å². The van der Waals surface area contributed by atoms with Crippen molar-refractivity contribution in [3.63, 3.8) is 0 Å². The fourth-order valence-electron chi connectivity index (χ4n) is 3.02. The molecule has 0 radical (unpaired) electrons. The topological polar surface area (TPSA) is 25.8 Å². The van der Waals surface area contributed by atoms with Crippen LogP contribution >= 0.6 is 0 Å². The summed E-state index contributed by atoms with van der Waals surface area (Å²) in [5.74, 6) is 0. The first-order valence-corrected chi connectivity index (χ1v) is 7.45. The van der Waals surface area contributed by atoms with Crippen molar-refractivity contribution in [1.29, 1.82) is 0 Å². The number of benzene rings is 3. The van der Waals surface area contributed by atoms with Crippen molar-refractivity contribution >= 4 is 21.7 Å². The molecule has 0 saturated carbocycles. The fraction of sp³-hybridized carbons (Fsp3) is 0.100. The molecule has 0 unspecified atom stereocenters. The highest BCUT2D eigenvalue weighted by molar-refractivity contribution is 6.09. The van der Waals surface area contributed by atoms with Crippen LogP contribution in [0.4, 0.5) is 0 Å². The quantitative estimate of drug-likeness (QED) is 0.456. The monoisotopic (exact) mass is 284 g/mol. The summed E-state index contributed by atoms with van der Waals surface area (Å²) >= 11 is 0. The van der Waals surface area contributed by atoms with E-state index in [1.165, 1.54) is 27.5 Å². The first-order valence-electron chi connectivity index (χ1n) is 7.45. The summed E-state index contributed by atoms with van der Waals surface area (Å²) in [7, 11) is 0. The molecule has 0 aliphatic carbocycles. The van der Waals surface area contributed by atoms with Gasteiger partial charge in [0.2, 0.25) is 0 Å². The van der Waals surface area contributed by atoms with Crippen LogP contribution < -0.4 is 0 Å². The molecule has 106 valence electrons. The minimum atomic E-state index is 1.01. The number of aryl methyl sites for hydroxylation is 1. The zero-order valence-corrected chi connectivity index (χ0v) is 12.7. The van der Waals surface area contributed by atoms with Gasteiger partial charge in [-0.1, -0.05) is 48.5 Å². The van der Waals surface area contributed by atoms with Gasteiger partial charge in [-0.05, 0) is 36.4 Å². The zero-order chi connectivity index (χ0) is 15.1. The van der Waals surface area contributed by atoms with Crippen molar-refractivity contribution < 1.29 is 0 Å². The second-order valence-electron chi connectivity index (χ2n) is 5.65. The SMILES string of the molecule is Cc1cccc(-c2ncnc3c2ccc2ccccc23)c1C. The molecule has 0 amide bonds. The average molecular weight is 284 g/mol. The number of hydrogen-bond donors (Lipinski definition) is 0. The molecule has 2 nitrogen and oxygen atoms in total. The Labute approximate surface area is 129 Å². The summed E-state index contributed by atoms with van der Waals surface area (Å²) in [5, 5.41) is 3.49. The van der Waals surface area contributed by atoms with E-state index in [9.17, 15) is 0 Å². The van der Waals surface area contributed by atoms with E-state index in [1.54, 1.807) is 6.33 Å². The van der Waals surface area contributed by atoms with Crippen LogP contribution in [0.5, 0.6) is 0 Å². The van der Waals surface area contributed by atoms with Crippen molar-refractivity contribution in [2.75, 3.05) is 0 Å². The Balaban J connectivity index is 2.11. The highest BCUT2D eigenvalue weighted by Gasteiger charge is 2.11. The molecular weight excluding hydrogens is 268 g/mol. The number of aromatic nitrogens is 2. The Morgan fingerprint density at radius 2 is 1.59 bits per heavy atom. The molecule has 0 fully saturated rings. The highest BCUT2D eigenvalue weighted by atomic mass is 14.8. The van der Waals surface area contributed by atoms with Crippen LogP contribution in [0.15, 0.2) is 60.9 Å². The first-order chi connectivity index (χ1) is 10.8. The highest BCUT2D eigenvalue weighted by Crippen LogP contribution is 2.32. The summed E-state index contributed by atoms with van der Waals surface area (Å²) in [4.78, 5) is 9.11. The fourth-order valence-corrected chi connectivity index (χ4v) is 3.02. The lowest BCUT2D eigenvalue weighted by molar-refractivity contribution is 1.22. The molecular formula is C20H16N2. The van der Waals surface area contributed by atoms with Gasteiger partial charge < -0.3 is 0 Å². The Morgan fingerprint density at radius 1 is 0.727 bits per heavy atom. The smallest absolute Gasteiger partial charge is 0.116 e. The minimum absolute atomic E-state index is 1.01.